The van der Waals surface area contributed by atoms with E-state index in [-0.39, 0.29) is 5.25 Å². The Morgan fingerprint density at radius 3 is 2.46 bits per heavy atom. The molecule has 1 aliphatic rings. The molecule has 0 amide bonds. The molecule has 1 saturated carbocycles. The van der Waals surface area contributed by atoms with Crippen LogP contribution in [0.4, 0.5) is 0 Å². The van der Waals surface area contributed by atoms with E-state index in [2.05, 4.69) is 5.48 Å². The van der Waals surface area contributed by atoms with Gasteiger partial charge in [0.2, 0.25) is 0 Å². The predicted molar refractivity (Wildman–Crippen MR) is 54.4 cm³/mol. The van der Waals surface area contributed by atoms with Crippen molar-refractivity contribution in [2.45, 2.75) is 57.2 Å². The van der Waals surface area contributed by atoms with E-state index in [9.17, 15) is 4.21 Å². The lowest BCUT2D eigenvalue weighted by atomic mass is 9.96. The maximum atomic E-state index is 11.2. The van der Waals surface area contributed by atoms with Gasteiger partial charge in [-0.05, 0) is 26.7 Å². The van der Waals surface area contributed by atoms with Gasteiger partial charge in [-0.3, -0.25) is 0 Å². The average Bonchev–Trinajstić information content (AvgIpc) is 2.15. The zero-order valence-electron chi connectivity index (χ0n) is 8.41. The van der Waals surface area contributed by atoms with Crippen molar-refractivity contribution in [3.63, 3.8) is 0 Å². The standard InChI is InChI=1S/C9H19NO2S/c1-8(2)13(11)12-10-9-6-4-3-5-7-9/h8-10H,3-7H2,1-2H3/t13-/m1/s1. The van der Waals surface area contributed by atoms with Crippen LogP contribution < -0.4 is 5.48 Å². The van der Waals surface area contributed by atoms with Crippen molar-refractivity contribution >= 4 is 11.1 Å². The molecule has 4 heteroatoms. The van der Waals surface area contributed by atoms with Crippen LogP contribution >= 0.6 is 0 Å². The Balaban J connectivity index is 2.13. The quantitative estimate of drug-likeness (QED) is 0.712. The second kappa shape index (κ2) is 5.73. The summed E-state index contributed by atoms with van der Waals surface area (Å²) in [7, 11) is 0. The molecule has 0 heterocycles. The summed E-state index contributed by atoms with van der Waals surface area (Å²) >= 11 is -1.18. The molecule has 0 aliphatic heterocycles. The first-order valence-electron chi connectivity index (χ1n) is 5.03. The predicted octanol–water partition coefficient (Wildman–Crippen LogP) is 1.91. The smallest absolute Gasteiger partial charge is 0.175 e. The molecule has 0 spiro atoms. The fraction of sp³-hybridized carbons (Fsp3) is 1.00. The number of hydroxylamine groups is 1. The van der Waals surface area contributed by atoms with Gasteiger partial charge in [0.05, 0.1) is 5.25 Å². The Bertz CT molecular complexity index is 167. The SMILES string of the molecule is CC(C)[S@](=O)ONC1CCCCC1. The summed E-state index contributed by atoms with van der Waals surface area (Å²) in [4.78, 5) is 0. The van der Waals surface area contributed by atoms with Crippen LogP contribution in [0.2, 0.25) is 0 Å². The molecule has 0 bridgehead atoms. The number of nitrogens with one attached hydrogen (secondary N) is 1. The van der Waals surface area contributed by atoms with E-state index >= 15 is 0 Å². The molecule has 0 aromatic rings. The molecular formula is C9H19NO2S. The average molecular weight is 205 g/mol. The monoisotopic (exact) mass is 205 g/mol. The largest absolute Gasteiger partial charge is 0.228 e. The van der Waals surface area contributed by atoms with Gasteiger partial charge >= 0.3 is 0 Å². The second-order valence-corrected chi connectivity index (χ2v) is 5.48. The zero-order valence-corrected chi connectivity index (χ0v) is 9.23. The van der Waals surface area contributed by atoms with E-state index < -0.39 is 11.1 Å². The van der Waals surface area contributed by atoms with Crippen LogP contribution in [0.15, 0.2) is 0 Å². The topological polar surface area (TPSA) is 38.3 Å². The van der Waals surface area contributed by atoms with Crippen molar-refractivity contribution in [3.05, 3.63) is 0 Å². The van der Waals surface area contributed by atoms with Crippen LogP contribution in [0.25, 0.3) is 0 Å². The Labute approximate surface area is 82.9 Å². The maximum absolute atomic E-state index is 11.2. The van der Waals surface area contributed by atoms with Crippen molar-refractivity contribution in [3.8, 4) is 0 Å². The van der Waals surface area contributed by atoms with E-state index in [0.29, 0.717) is 6.04 Å². The van der Waals surface area contributed by atoms with Crippen molar-refractivity contribution in [2.75, 3.05) is 0 Å². The lowest BCUT2D eigenvalue weighted by Gasteiger charge is -2.21. The summed E-state index contributed by atoms with van der Waals surface area (Å²) in [5.74, 6) is 0. The van der Waals surface area contributed by atoms with Crippen LogP contribution in [-0.2, 0) is 15.4 Å². The molecule has 0 saturated heterocycles. The van der Waals surface area contributed by atoms with Gasteiger partial charge in [-0.2, -0.15) is 5.48 Å². The van der Waals surface area contributed by atoms with Crippen LogP contribution in [0.5, 0.6) is 0 Å². The van der Waals surface area contributed by atoms with E-state index in [1.54, 1.807) is 0 Å². The fourth-order valence-corrected chi connectivity index (χ4v) is 1.86. The molecule has 13 heavy (non-hydrogen) atoms. The molecule has 1 aliphatic carbocycles. The van der Waals surface area contributed by atoms with E-state index in [1.165, 1.54) is 19.3 Å². The Morgan fingerprint density at radius 1 is 1.31 bits per heavy atom. The summed E-state index contributed by atoms with van der Waals surface area (Å²) in [6.45, 7) is 3.78. The Kier molecular flexibility index (Phi) is 4.91. The number of rotatable bonds is 4. The van der Waals surface area contributed by atoms with Crippen molar-refractivity contribution in [2.24, 2.45) is 0 Å². The minimum Gasteiger partial charge on any atom is -0.228 e. The summed E-state index contributed by atoms with van der Waals surface area (Å²) in [5, 5.41) is 0.0658. The van der Waals surface area contributed by atoms with E-state index in [1.807, 2.05) is 13.8 Å². The third-order valence-corrected chi connectivity index (χ3v) is 3.32. The molecule has 1 rings (SSSR count). The van der Waals surface area contributed by atoms with Crippen molar-refractivity contribution < 1.29 is 8.49 Å². The molecule has 1 atom stereocenters. The number of hydrogen-bond donors (Lipinski definition) is 1. The molecule has 3 nitrogen and oxygen atoms in total. The summed E-state index contributed by atoms with van der Waals surface area (Å²) in [5.41, 5.74) is 2.90. The molecule has 0 radical (unpaired) electrons. The Morgan fingerprint density at radius 2 is 1.92 bits per heavy atom. The van der Waals surface area contributed by atoms with Crippen LogP contribution in [0.1, 0.15) is 46.0 Å². The molecule has 0 aromatic heterocycles. The first-order chi connectivity index (χ1) is 6.20. The van der Waals surface area contributed by atoms with Crippen molar-refractivity contribution in [1.82, 2.24) is 5.48 Å². The first kappa shape index (κ1) is 11.1. The lowest BCUT2D eigenvalue weighted by Crippen LogP contribution is -2.33. The van der Waals surface area contributed by atoms with Gasteiger partial charge in [-0.25, -0.2) is 8.49 Å². The van der Waals surface area contributed by atoms with Crippen LogP contribution in [-0.4, -0.2) is 15.5 Å². The van der Waals surface area contributed by atoms with Gasteiger partial charge in [0.25, 0.3) is 0 Å². The van der Waals surface area contributed by atoms with Gasteiger partial charge in [-0.1, -0.05) is 19.3 Å². The van der Waals surface area contributed by atoms with Gasteiger partial charge in [-0.15, -0.1) is 0 Å². The van der Waals surface area contributed by atoms with Crippen LogP contribution in [0, 0.1) is 0 Å². The molecule has 0 unspecified atom stereocenters. The lowest BCUT2D eigenvalue weighted by molar-refractivity contribution is 0.150. The summed E-state index contributed by atoms with van der Waals surface area (Å²) in [6.07, 6.45) is 6.14. The highest BCUT2D eigenvalue weighted by molar-refractivity contribution is 7.80. The summed E-state index contributed by atoms with van der Waals surface area (Å²) in [6, 6.07) is 0.413. The molecular weight excluding hydrogens is 186 g/mol. The molecule has 0 aromatic carbocycles. The van der Waals surface area contributed by atoms with Gasteiger partial charge in [0.1, 0.15) is 0 Å². The normalized spacial score (nSPS) is 22.1. The zero-order chi connectivity index (χ0) is 9.68. The minimum atomic E-state index is -1.18. The van der Waals surface area contributed by atoms with Crippen molar-refractivity contribution in [1.29, 1.82) is 0 Å². The molecule has 78 valence electrons. The first-order valence-corrected chi connectivity index (χ1v) is 6.17. The molecule has 1 fully saturated rings. The van der Waals surface area contributed by atoms with E-state index in [0.717, 1.165) is 12.8 Å². The highest BCUT2D eigenvalue weighted by Gasteiger charge is 2.15. The van der Waals surface area contributed by atoms with Crippen LogP contribution in [0.3, 0.4) is 0 Å². The van der Waals surface area contributed by atoms with Gasteiger partial charge < -0.3 is 0 Å². The third kappa shape index (κ3) is 4.20. The fourth-order valence-electron chi connectivity index (χ4n) is 1.43. The van der Waals surface area contributed by atoms with Gasteiger partial charge in [0.15, 0.2) is 11.1 Å². The molecule has 1 N–H and O–H groups in total. The second-order valence-electron chi connectivity index (χ2n) is 3.85. The summed E-state index contributed by atoms with van der Waals surface area (Å²) < 4.78 is 16.3. The number of hydrogen-bond acceptors (Lipinski definition) is 3. The van der Waals surface area contributed by atoms with Gasteiger partial charge in [0, 0.05) is 6.04 Å². The highest BCUT2D eigenvalue weighted by Crippen LogP contribution is 2.17. The highest BCUT2D eigenvalue weighted by atomic mass is 32.2. The minimum absolute atomic E-state index is 0.0658. The Hall–Kier alpha value is 0.0700. The maximum Gasteiger partial charge on any atom is 0.175 e. The third-order valence-electron chi connectivity index (χ3n) is 2.29. The van der Waals surface area contributed by atoms with E-state index in [4.69, 9.17) is 4.28 Å².